The number of ketones is 1. The Labute approximate surface area is 148 Å². The van der Waals surface area contributed by atoms with Gasteiger partial charge in [0.1, 0.15) is 0 Å². The Hall–Kier alpha value is -1.93. The molecule has 0 aliphatic heterocycles. The lowest BCUT2D eigenvalue weighted by molar-refractivity contribution is 0.0923. The molecule has 0 aromatic carbocycles. The summed E-state index contributed by atoms with van der Waals surface area (Å²) in [6.07, 6.45) is 10.8. The molecule has 0 radical (unpaired) electrons. The topological polar surface area (TPSA) is 84.0 Å². The highest BCUT2D eigenvalue weighted by Crippen LogP contribution is 2.30. The maximum atomic E-state index is 12.6. The number of urea groups is 1. The van der Waals surface area contributed by atoms with Crippen LogP contribution in [0.5, 0.6) is 0 Å². The number of thiazole rings is 1. The Morgan fingerprint density at radius 3 is 2.75 bits per heavy atom. The van der Waals surface area contributed by atoms with Crippen molar-refractivity contribution in [2.75, 3.05) is 16.9 Å². The number of pyridine rings is 1. The number of amides is 2. The zero-order valence-corrected chi connectivity index (χ0v) is 14.9. The van der Waals surface area contributed by atoms with Crippen molar-refractivity contribution in [1.82, 2.24) is 9.97 Å². The van der Waals surface area contributed by atoms with E-state index in [1.54, 1.807) is 30.2 Å². The molecule has 2 N–H and O–H groups in total. The van der Waals surface area contributed by atoms with Gasteiger partial charge < -0.3 is 5.32 Å². The molecular weight excluding hydrogens is 344 g/mol. The fourth-order valence-electron chi connectivity index (χ4n) is 2.77. The summed E-state index contributed by atoms with van der Waals surface area (Å²) in [5, 5.41) is 5.96. The van der Waals surface area contributed by atoms with E-state index in [0.717, 1.165) is 29.9 Å². The average molecular weight is 362 g/mol. The SMILES string of the molecule is CSc1cnc(NC(=O)Nc2ccncc2C(=O)C2CCCC2)s1. The lowest BCUT2D eigenvalue weighted by Gasteiger charge is -2.13. The van der Waals surface area contributed by atoms with Crippen molar-refractivity contribution in [3.05, 3.63) is 30.2 Å². The molecule has 24 heavy (non-hydrogen) atoms. The van der Waals surface area contributed by atoms with E-state index >= 15 is 0 Å². The van der Waals surface area contributed by atoms with Crippen molar-refractivity contribution in [2.45, 2.75) is 29.9 Å². The maximum absolute atomic E-state index is 12.6. The summed E-state index contributed by atoms with van der Waals surface area (Å²) in [6, 6.07) is 1.24. The van der Waals surface area contributed by atoms with Crippen LogP contribution in [0.4, 0.5) is 15.6 Å². The number of carbonyl (C=O) groups excluding carboxylic acids is 2. The van der Waals surface area contributed by atoms with Gasteiger partial charge in [-0.25, -0.2) is 9.78 Å². The molecule has 2 heterocycles. The second-order valence-electron chi connectivity index (χ2n) is 5.53. The zero-order valence-electron chi connectivity index (χ0n) is 13.2. The number of hydrogen-bond acceptors (Lipinski definition) is 6. The van der Waals surface area contributed by atoms with Gasteiger partial charge >= 0.3 is 6.03 Å². The van der Waals surface area contributed by atoms with Gasteiger partial charge in [-0.15, -0.1) is 11.8 Å². The number of nitrogens with zero attached hydrogens (tertiary/aromatic N) is 2. The van der Waals surface area contributed by atoms with E-state index in [2.05, 4.69) is 20.6 Å². The third-order valence-electron chi connectivity index (χ3n) is 3.97. The number of hydrogen-bond donors (Lipinski definition) is 2. The molecule has 1 aliphatic rings. The minimum absolute atomic E-state index is 0.0425. The van der Waals surface area contributed by atoms with E-state index in [1.807, 2.05) is 6.26 Å². The third-order valence-corrected chi connectivity index (χ3v) is 5.93. The molecule has 0 atom stereocenters. The fourth-order valence-corrected chi connectivity index (χ4v) is 4.04. The number of nitrogens with one attached hydrogen (secondary N) is 2. The highest BCUT2D eigenvalue weighted by molar-refractivity contribution is 8.00. The minimum Gasteiger partial charge on any atom is -0.307 e. The van der Waals surface area contributed by atoms with Crippen LogP contribution in [0.2, 0.25) is 0 Å². The number of aromatic nitrogens is 2. The zero-order chi connectivity index (χ0) is 16.9. The van der Waals surface area contributed by atoms with Crippen LogP contribution in [0.3, 0.4) is 0 Å². The second kappa shape index (κ2) is 7.76. The van der Waals surface area contributed by atoms with Crippen LogP contribution < -0.4 is 10.6 Å². The molecule has 1 aliphatic carbocycles. The van der Waals surface area contributed by atoms with Crippen LogP contribution >= 0.6 is 23.1 Å². The molecule has 0 saturated heterocycles. The molecule has 2 aromatic rings. The fraction of sp³-hybridized carbons (Fsp3) is 0.375. The van der Waals surface area contributed by atoms with Crippen molar-refractivity contribution >= 4 is 45.7 Å². The van der Waals surface area contributed by atoms with Gasteiger partial charge in [0.05, 0.1) is 21.7 Å². The summed E-state index contributed by atoms with van der Waals surface area (Å²) < 4.78 is 1.02. The maximum Gasteiger partial charge on any atom is 0.325 e. The number of thioether (sulfide) groups is 1. The van der Waals surface area contributed by atoms with Crippen LogP contribution in [-0.4, -0.2) is 28.0 Å². The molecule has 126 valence electrons. The second-order valence-corrected chi connectivity index (χ2v) is 7.67. The van der Waals surface area contributed by atoms with Gasteiger partial charge in [-0.05, 0) is 25.2 Å². The van der Waals surface area contributed by atoms with E-state index in [-0.39, 0.29) is 11.7 Å². The first-order valence-corrected chi connectivity index (χ1v) is 9.77. The highest BCUT2D eigenvalue weighted by atomic mass is 32.2. The molecule has 0 bridgehead atoms. The lowest BCUT2D eigenvalue weighted by Crippen LogP contribution is -2.22. The standard InChI is InChI=1S/C16H18N4O2S2/c1-23-13-9-18-16(24-13)20-15(22)19-12-6-7-17-8-11(12)14(21)10-4-2-3-5-10/h6-10H,2-5H2,1H3,(H2,17,18,19,20,22). The summed E-state index contributed by atoms with van der Waals surface area (Å²) in [5.74, 6) is 0.107. The van der Waals surface area contributed by atoms with Gasteiger partial charge in [0.2, 0.25) is 0 Å². The molecule has 1 fully saturated rings. The van der Waals surface area contributed by atoms with Crippen LogP contribution in [0.25, 0.3) is 0 Å². The summed E-state index contributed by atoms with van der Waals surface area (Å²) in [4.78, 5) is 33.0. The summed E-state index contributed by atoms with van der Waals surface area (Å²) in [5.41, 5.74) is 0.963. The number of anilines is 2. The molecule has 2 aromatic heterocycles. The first-order valence-electron chi connectivity index (χ1n) is 7.73. The van der Waals surface area contributed by atoms with Gasteiger partial charge in [-0.3, -0.25) is 15.1 Å². The van der Waals surface area contributed by atoms with E-state index in [4.69, 9.17) is 0 Å². The van der Waals surface area contributed by atoms with Gasteiger partial charge in [-0.1, -0.05) is 24.2 Å². The first-order chi connectivity index (χ1) is 11.7. The molecule has 0 unspecified atom stereocenters. The van der Waals surface area contributed by atoms with E-state index < -0.39 is 6.03 Å². The van der Waals surface area contributed by atoms with Gasteiger partial charge in [0, 0.05) is 18.3 Å². The summed E-state index contributed by atoms with van der Waals surface area (Å²) in [6.45, 7) is 0. The van der Waals surface area contributed by atoms with Crippen LogP contribution in [0.15, 0.2) is 28.9 Å². The first kappa shape index (κ1) is 16.9. The van der Waals surface area contributed by atoms with Crippen molar-refractivity contribution < 1.29 is 9.59 Å². The van der Waals surface area contributed by atoms with Gasteiger partial charge in [-0.2, -0.15) is 0 Å². The number of carbonyl (C=O) groups is 2. The van der Waals surface area contributed by atoms with Crippen molar-refractivity contribution in [2.24, 2.45) is 5.92 Å². The van der Waals surface area contributed by atoms with Crippen molar-refractivity contribution in [1.29, 1.82) is 0 Å². The largest absolute Gasteiger partial charge is 0.325 e. The van der Waals surface area contributed by atoms with Gasteiger partial charge in [0.25, 0.3) is 0 Å². The van der Waals surface area contributed by atoms with Crippen LogP contribution in [-0.2, 0) is 0 Å². The van der Waals surface area contributed by atoms with Crippen molar-refractivity contribution in [3.8, 4) is 0 Å². The molecule has 6 nitrogen and oxygen atoms in total. The average Bonchev–Trinajstić information content (AvgIpc) is 3.26. The Morgan fingerprint density at radius 2 is 2.04 bits per heavy atom. The monoisotopic (exact) mass is 362 g/mol. The molecule has 3 rings (SSSR count). The molecule has 0 spiro atoms. The van der Waals surface area contributed by atoms with E-state index in [0.29, 0.717) is 16.4 Å². The van der Waals surface area contributed by atoms with Crippen LogP contribution in [0.1, 0.15) is 36.0 Å². The summed E-state index contributed by atoms with van der Waals surface area (Å²) in [7, 11) is 0. The van der Waals surface area contributed by atoms with Crippen LogP contribution in [0, 0.1) is 5.92 Å². The smallest absolute Gasteiger partial charge is 0.307 e. The summed E-state index contributed by atoms with van der Waals surface area (Å²) >= 11 is 2.98. The Kier molecular flexibility index (Phi) is 5.47. The Morgan fingerprint density at radius 1 is 1.25 bits per heavy atom. The predicted octanol–water partition coefficient (Wildman–Crippen LogP) is 4.28. The van der Waals surface area contributed by atoms with Crippen molar-refractivity contribution in [3.63, 3.8) is 0 Å². The van der Waals surface area contributed by atoms with E-state index in [1.165, 1.54) is 17.5 Å². The van der Waals surface area contributed by atoms with E-state index in [9.17, 15) is 9.59 Å². The highest BCUT2D eigenvalue weighted by Gasteiger charge is 2.26. The predicted molar refractivity (Wildman–Crippen MR) is 97.1 cm³/mol. The Bertz CT molecular complexity index is 741. The minimum atomic E-state index is -0.413. The van der Waals surface area contributed by atoms with Gasteiger partial charge in [0.15, 0.2) is 10.9 Å². The molecule has 8 heteroatoms. The quantitative estimate of drug-likeness (QED) is 0.613. The number of rotatable bonds is 5. The normalized spacial score (nSPS) is 14.5. The molecule has 1 saturated carbocycles. The third kappa shape index (κ3) is 3.93. The number of Topliss-reactive ketones (excluding diaryl/α,β-unsaturated/α-hetero) is 1. The molecule has 2 amide bonds. The lowest BCUT2D eigenvalue weighted by atomic mass is 9.96. The Balaban J connectivity index is 1.70. The molecular formula is C16H18N4O2S2.